The van der Waals surface area contributed by atoms with Crippen molar-refractivity contribution in [1.82, 2.24) is 19.5 Å². The fourth-order valence-corrected chi connectivity index (χ4v) is 3.32. The minimum Gasteiger partial charge on any atom is -0.381 e. The van der Waals surface area contributed by atoms with Crippen LogP contribution in [0.15, 0.2) is 42.9 Å². The first kappa shape index (κ1) is 18.5. The number of hydrogen-bond donors (Lipinski definition) is 1. The molecule has 0 radical (unpaired) electrons. The third-order valence-electron chi connectivity index (χ3n) is 4.87. The van der Waals surface area contributed by atoms with E-state index in [9.17, 15) is 8.78 Å². The Hall–Kier alpha value is -2.87. The van der Waals surface area contributed by atoms with Gasteiger partial charge in [0.2, 0.25) is 5.95 Å². The number of benzene rings is 1. The molecule has 3 aromatic rings. The summed E-state index contributed by atoms with van der Waals surface area (Å²) < 4.78 is 33.6. The molecule has 0 aliphatic carbocycles. The van der Waals surface area contributed by atoms with Gasteiger partial charge in [0.25, 0.3) is 0 Å². The fourth-order valence-electron chi connectivity index (χ4n) is 3.32. The molecule has 1 aromatic carbocycles. The van der Waals surface area contributed by atoms with Gasteiger partial charge >= 0.3 is 0 Å². The molecular formula is C20H21F2N5O. The van der Waals surface area contributed by atoms with Gasteiger partial charge in [0.05, 0.1) is 23.4 Å². The van der Waals surface area contributed by atoms with Crippen molar-refractivity contribution in [2.45, 2.75) is 19.6 Å². The maximum atomic E-state index is 13.5. The predicted molar refractivity (Wildman–Crippen MR) is 102 cm³/mol. The lowest BCUT2D eigenvalue weighted by atomic mass is 10.0. The molecule has 8 heteroatoms. The van der Waals surface area contributed by atoms with Gasteiger partial charge in [-0.2, -0.15) is 0 Å². The van der Waals surface area contributed by atoms with Crippen molar-refractivity contribution in [2.75, 3.05) is 25.1 Å². The number of imidazole rings is 1. The molecule has 1 aliphatic rings. The third-order valence-corrected chi connectivity index (χ3v) is 4.87. The van der Waals surface area contributed by atoms with Crippen LogP contribution < -0.4 is 5.32 Å². The van der Waals surface area contributed by atoms with E-state index >= 15 is 0 Å². The average Bonchev–Trinajstić information content (AvgIpc) is 3.18. The van der Waals surface area contributed by atoms with Gasteiger partial charge in [-0.25, -0.2) is 23.7 Å². The van der Waals surface area contributed by atoms with Gasteiger partial charge in [-0.15, -0.1) is 0 Å². The Morgan fingerprint density at radius 2 is 1.89 bits per heavy atom. The second-order valence-electron chi connectivity index (χ2n) is 6.74. The van der Waals surface area contributed by atoms with E-state index in [1.165, 1.54) is 23.0 Å². The summed E-state index contributed by atoms with van der Waals surface area (Å²) >= 11 is 0. The van der Waals surface area contributed by atoms with Crippen LogP contribution in [0.1, 0.15) is 12.8 Å². The van der Waals surface area contributed by atoms with Crippen molar-refractivity contribution in [3.8, 4) is 22.6 Å². The Morgan fingerprint density at radius 3 is 2.64 bits per heavy atom. The number of ether oxygens (including phenoxy) is 1. The molecule has 0 unspecified atom stereocenters. The smallest absolute Gasteiger partial charge is 0.223 e. The fraction of sp³-hybridized carbons (Fsp3) is 0.350. The number of nitrogens with zero attached hydrogens (tertiary/aromatic N) is 4. The summed E-state index contributed by atoms with van der Waals surface area (Å²) in [5.41, 5.74) is 2.33. The number of hydrogen-bond acceptors (Lipinski definition) is 5. The number of halogens is 2. The normalized spacial score (nSPS) is 14.9. The van der Waals surface area contributed by atoms with Crippen LogP contribution in [0.2, 0.25) is 0 Å². The van der Waals surface area contributed by atoms with Crippen LogP contribution in [0.25, 0.3) is 22.6 Å². The molecule has 146 valence electrons. The lowest BCUT2D eigenvalue weighted by molar-refractivity contribution is 0.0699. The molecule has 1 N–H and O–H groups in total. The van der Waals surface area contributed by atoms with Crippen molar-refractivity contribution in [3.05, 3.63) is 48.7 Å². The van der Waals surface area contributed by atoms with E-state index in [1.54, 1.807) is 24.4 Å². The van der Waals surface area contributed by atoms with Crippen LogP contribution in [0.3, 0.4) is 0 Å². The van der Waals surface area contributed by atoms with Crippen molar-refractivity contribution in [2.24, 2.45) is 5.92 Å². The lowest BCUT2D eigenvalue weighted by Gasteiger charge is -2.22. The van der Waals surface area contributed by atoms with Crippen molar-refractivity contribution >= 4 is 5.95 Å². The van der Waals surface area contributed by atoms with E-state index in [2.05, 4.69) is 20.3 Å². The molecule has 0 atom stereocenters. The Balaban J connectivity index is 1.61. The number of aromatic nitrogens is 4. The van der Waals surface area contributed by atoms with E-state index in [0.29, 0.717) is 34.5 Å². The monoisotopic (exact) mass is 385 g/mol. The molecule has 28 heavy (non-hydrogen) atoms. The summed E-state index contributed by atoms with van der Waals surface area (Å²) in [5.74, 6) is 0.671. The van der Waals surface area contributed by atoms with Crippen LogP contribution in [0.5, 0.6) is 0 Å². The van der Waals surface area contributed by atoms with Crippen molar-refractivity contribution < 1.29 is 13.5 Å². The summed E-state index contributed by atoms with van der Waals surface area (Å²) in [4.78, 5) is 13.2. The van der Waals surface area contributed by atoms with Crippen LogP contribution in [0, 0.1) is 11.7 Å². The SMILES string of the molecule is FCn1cnc(-c2ccc(F)cc2)c1-c1ccnc(NCC2CCOCC2)n1. The number of nitrogens with one attached hydrogen (secondary N) is 1. The van der Waals surface area contributed by atoms with E-state index < -0.39 is 6.80 Å². The summed E-state index contributed by atoms with van der Waals surface area (Å²) in [6.07, 6.45) is 5.08. The molecule has 0 amide bonds. The summed E-state index contributed by atoms with van der Waals surface area (Å²) in [5, 5.41) is 3.27. The first-order chi connectivity index (χ1) is 13.7. The van der Waals surface area contributed by atoms with E-state index in [0.717, 1.165) is 32.6 Å². The number of anilines is 1. The Labute approximate surface area is 161 Å². The number of rotatable bonds is 6. The van der Waals surface area contributed by atoms with Crippen LogP contribution in [-0.2, 0) is 11.5 Å². The standard InChI is InChI=1S/C20H21F2N5O/c21-12-27-13-25-18(15-1-3-16(22)4-2-15)19(27)17-5-8-23-20(26-17)24-11-14-6-9-28-10-7-14/h1-5,8,13-14H,6-7,9-12H2,(H,23,24,26). The van der Waals surface area contributed by atoms with Crippen molar-refractivity contribution in [3.63, 3.8) is 0 Å². The molecule has 3 heterocycles. The zero-order valence-electron chi connectivity index (χ0n) is 15.3. The van der Waals surface area contributed by atoms with Gasteiger partial charge in [0.15, 0.2) is 6.80 Å². The summed E-state index contributed by atoms with van der Waals surface area (Å²) in [6.45, 7) is 1.59. The quantitative estimate of drug-likeness (QED) is 0.697. The van der Waals surface area contributed by atoms with E-state index in [4.69, 9.17) is 4.74 Å². The highest BCUT2D eigenvalue weighted by Gasteiger charge is 2.18. The highest BCUT2D eigenvalue weighted by atomic mass is 19.1. The lowest BCUT2D eigenvalue weighted by Crippen LogP contribution is -2.23. The van der Waals surface area contributed by atoms with Gasteiger partial charge in [0.1, 0.15) is 5.82 Å². The van der Waals surface area contributed by atoms with Gasteiger partial charge in [-0.3, -0.25) is 4.57 Å². The molecule has 1 fully saturated rings. The highest BCUT2D eigenvalue weighted by molar-refractivity contribution is 5.77. The van der Waals surface area contributed by atoms with Crippen LogP contribution in [0.4, 0.5) is 14.7 Å². The maximum absolute atomic E-state index is 13.5. The van der Waals surface area contributed by atoms with Gasteiger partial charge < -0.3 is 10.1 Å². The molecule has 6 nitrogen and oxygen atoms in total. The molecule has 0 bridgehead atoms. The second kappa shape index (κ2) is 8.43. The Kier molecular flexibility index (Phi) is 5.57. The second-order valence-corrected chi connectivity index (χ2v) is 6.74. The van der Waals surface area contributed by atoms with E-state index in [-0.39, 0.29) is 5.82 Å². The zero-order chi connectivity index (χ0) is 19.3. The Bertz CT molecular complexity index is 923. The highest BCUT2D eigenvalue weighted by Crippen LogP contribution is 2.30. The minimum absolute atomic E-state index is 0.336. The van der Waals surface area contributed by atoms with Gasteiger partial charge in [-0.1, -0.05) is 0 Å². The van der Waals surface area contributed by atoms with E-state index in [1.807, 2.05) is 0 Å². The predicted octanol–water partition coefficient (Wildman–Crippen LogP) is 3.91. The molecule has 4 rings (SSSR count). The zero-order valence-corrected chi connectivity index (χ0v) is 15.3. The van der Waals surface area contributed by atoms with Gasteiger partial charge in [0, 0.05) is 31.5 Å². The summed E-state index contributed by atoms with van der Waals surface area (Å²) in [7, 11) is 0. The van der Waals surface area contributed by atoms with Gasteiger partial charge in [-0.05, 0) is 49.1 Å². The summed E-state index contributed by atoms with van der Waals surface area (Å²) in [6, 6.07) is 7.67. The van der Waals surface area contributed by atoms with Crippen LogP contribution >= 0.6 is 0 Å². The molecule has 2 aromatic heterocycles. The number of alkyl halides is 1. The third kappa shape index (κ3) is 4.01. The first-order valence-electron chi connectivity index (χ1n) is 9.26. The largest absolute Gasteiger partial charge is 0.381 e. The molecule has 1 aliphatic heterocycles. The Morgan fingerprint density at radius 1 is 1.11 bits per heavy atom. The maximum Gasteiger partial charge on any atom is 0.223 e. The average molecular weight is 385 g/mol. The molecule has 1 saturated heterocycles. The van der Waals surface area contributed by atoms with Crippen molar-refractivity contribution in [1.29, 1.82) is 0 Å². The first-order valence-corrected chi connectivity index (χ1v) is 9.26. The topological polar surface area (TPSA) is 64.9 Å². The molecular weight excluding hydrogens is 364 g/mol. The molecule has 0 spiro atoms. The minimum atomic E-state index is -0.738. The van der Waals surface area contributed by atoms with Crippen LogP contribution in [-0.4, -0.2) is 39.3 Å². The molecule has 0 saturated carbocycles.